The van der Waals surface area contributed by atoms with E-state index in [1.54, 1.807) is 6.20 Å². The van der Waals surface area contributed by atoms with E-state index in [2.05, 4.69) is 20.3 Å². The maximum absolute atomic E-state index is 12.6. The number of nitrogens with zero attached hydrogens (tertiary/aromatic N) is 4. The summed E-state index contributed by atoms with van der Waals surface area (Å²) in [6.45, 7) is 0.171. The fraction of sp³-hybridized carbons (Fsp3) is 0.100. The SMILES string of the molecule is CN(CC(=O)Nc1cccc2cccnc12)c1ncnc2ccccc12. The van der Waals surface area contributed by atoms with Gasteiger partial charge < -0.3 is 10.2 Å². The van der Waals surface area contributed by atoms with E-state index in [1.165, 1.54) is 6.33 Å². The molecule has 1 N–H and O–H groups in total. The molecular weight excluding hydrogens is 326 g/mol. The van der Waals surface area contributed by atoms with E-state index < -0.39 is 0 Å². The van der Waals surface area contributed by atoms with E-state index >= 15 is 0 Å². The Morgan fingerprint density at radius 1 is 1.00 bits per heavy atom. The number of hydrogen-bond acceptors (Lipinski definition) is 5. The monoisotopic (exact) mass is 343 g/mol. The zero-order chi connectivity index (χ0) is 17.9. The van der Waals surface area contributed by atoms with Crippen molar-refractivity contribution >= 4 is 39.2 Å². The molecule has 4 aromatic rings. The molecule has 128 valence electrons. The fourth-order valence-electron chi connectivity index (χ4n) is 2.98. The third-order valence-corrected chi connectivity index (χ3v) is 4.17. The first-order valence-corrected chi connectivity index (χ1v) is 8.27. The van der Waals surface area contributed by atoms with Gasteiger partial charge in [0, 0.05) is 24.0 Å². The van der Waals surface area contributed by atoms with E-state index in [0.29, 0.717) is 5.69 Å². The van der Waals surface area contributed by atoms with Gasteiger partial charge in [-0.1, -0.05) is 30.3 Å². The summed E-state index contributed by atoms with van der Waals surface area (Å²) in [4.78, 5) is 27.3. The van der Waals surface area contributed by atoms with Crippen LogP contribution in [0.1, 0.15) is 0 Å². The molecule has 0 bridgehead atoms. The van der Waals surface area contributed by atoms with Crippen molar-refractivity contribution in [3.8, 4) is 0 Å². The molecule has 0 aliphatic carbocycles. The maximum Gasteiger partial charge on any atom is 0.243 e. The van der Waals surface area contributed by atoms with Gasteiger partial charge in [0.1, 0.15) is 12.1 Å². The van der Waals surface area contributed by atoms with Crippen molar-refractivity contribution < 1.29 is 4.79 Å². The number of aromatic nitrogens is 3. The molecule has 2 aromatic carbocycles. The molecule has 0 aliphatic heterocycles. The number of hydrogen-bond donors (Lipinski definition) is 1. The molecule has 1 amide bonds. The highest BCUT2D eigenvalue weighted by atomic mass is 16.2. The van der Waals surface area contributed by atoms with Crippen LogP contribution in [0, 0.1) is 0 Å². The topological polar surface area (TPSA) is 71.0 Å². The average molecular weight is 343 g/mol. The predicted molar refractivity (Wildman–Crippen MR) is 103 cm³/mol. The summed E-state index contributed by atoms with van der Waals surface area (Å²) in [6.07, 6.45) is 3.23. The van der Waals surface area contributed by atoms with Crippen LogP contribution in [0.3, 0.4) is 0 Å². The summed E-state index contributed by atoms with van der Waals surface area (Å²) in [5.41, 5.74) is 2.33. The van der Waals surface area contributed by atoms with Crippen molar-refractivity contribution in [3.05, 3.63) is 67.1 Å². The summed E-state index contributed by atoms with van der Waals surface area (Å²) in [5, 5.41) is 4.85. The van der Waals surface area contributed by atoms with Gasteiger partial charge in [0.15, 0.2) is 0 Å². The first-order valence-electron chi connectivity index (χ1n) is 8.27. The van der Waals surface area contributed by atoms with Crippen LogP contribution in [-0.4, -0.2) is 34.5 Å². The van der Waals surface area contributed by atoms with Crippen molar-refractivity contribution in [2.24, 2.45) is 0 Å². The number of anilines is 2. The molecule has 0 fully saturated rings. The quantitative estimate of drug-likeness (QED) is 0.616. The standard InChI is InChI=1S/C20H17N5O/c1-25(20-15-8-2-3-9-16(15)22-13-23-20)12-18(26)24-17-10-4-6-14-7-5-11-21-19(14)17/h2-11,13H,12H2,1H3,(H,24,26). The van der Waals surface area contributed by atoms with Crippen LogP contribution in [0.2, 0.25) is 0 Å². The predicted octanol–water partition coefficient (Wildman–Crippen LogP) is 3.25. The zero-order valence-electron chi connectivity index (χ0n) is 14.3. The van der Waals surface area contributed by atoms with Gasteiger partial charge in [-0.2, -0.15) is 0 Å². The third-order valence-electron chi connectivity index (χ3n) is 4.17. The van der Waals surface area contributed by atoms with Crippen molar-refractivity contribution in [3.63, 3.8) is 0 Å². The minimum Gasteiger partial charge on any atom is -0.350 e. The Bertz CT molecular complexity index is 1080. The first-order chi connectivity index (χ1) is 12.7. The highest BCUT2D eigenvalue weighted by Gasteiger charge is 2.13. The van der Waals surface area contributed by atoms with Crippen LogP contribution < -0.4 is 10.2 Å². The number of pyridine rings is 1. The van der Waals surface area contributed by atoms with Crippen LogP contribution in [0.5, 0.6) is 0 Å². The second-order valence-electron chi connectivity index (χ2n) is 6.00. The Balaban J connectivity index is 1.56. The number of fused-ring (bicyclic) bond motifs is 2. The van der Waals surface area contributed by atoms with Gasteiger partial charge in [-0.15, -0.1) is 0 Å². The van der Waals surface area contributed by atoms with E-state index in [0.717, 1.165) is 27.6 Å². The summed E-state index contributed by atoms with van der Waals surface area (Å²) in [7, 11) is 1.84. The van der Waals surface area contributed by atoms with Gasteiger partial charge in [0.2, 0.25) is 5.91 Å². The highest BCUT2D eigenvalue weighted by Crippen LogP contribution is 2.23. The molecule has 4 rings (SSSR count). The summed E-state index contributed by atoms with van der Waals surface area (Å²) >= 11 is 0. The largest absolute Gasteiger partial charge is 0.350 e. The number of nitrogens with one attached hydrogen (secondary N) is 1. The Labute approximate surface area is 150 Å². The molecule has 6 nitrogen and oxygen atoms in total. The molecule has 2 heterocycles. The van der Waals surface area contributed by atoms with Crippen LogP contribution in [0.4, 0.5) is 11.5 Å². The normalized spacial score (nSPS) is 10.8. The van der Waals surface area contributed by atoms with Gasteiger partial charge in [-0.05, 0) is 24.3 Å². The van der Waals surface area contributed by atoms with E-state index in [1.807, 2.05) is 66.5 Å². The lowest BCUT2D eigenvalue weighted by Gasteiger charge is -2.19. The number of likely N-dealkylation sites (N-methyl/N-ethyl adjacent to an activating group) is 1. The molecule has 0 atom stereocenters. The highest BCUT2D eigenvalue weighted by molar-refractivity contribution is 6.02. The molecular formula is C20H17N5O. The second kappa shape index (κ2) is 6.76. The second-order valence-corrected chi connectivity index (χ2v) is 6.00. The Morgan fingerprint density at radius 3 is 2.77 bits per heavy atom. The molecule has 0 radical (unpaired) electrons. The molecule has 2 aromatic heterocycles. The van der Waals surface area contributed by atoms with Crippen LogP contribution in [-0.2, 0) is 4.79 Å². The van der Waals surface area contributed by atoms with Gasteiger partial charge in [-0.25, -0.2) is 9.97 Å². The molecule has 0 unspecified atom stereocenters. The molecule has 0 spiro atoms. The number of rotatable bonds is 4. The molecule has 26 heavy (non-hydrogen) atoms. The van der Waals surface area contributed by atoms with E-state index in [9.17, 15) is 4.79 Å². The Kier molecular flexibility index (Phi) is 4.15. The van der Waals surface area contributed by atoms with Gasteiger partial charge in [-0.3, -0.25) is 9.78 Å². The summed E-state index contributed by atoms with van der Waals surface area (Å²) < 4.78 is 0. The lowest BCUT2D eigenvalue weighted by Crippen LogP contribution is -2.30. The van der Waals surface area contributed by atoms with Crippen molar-refractivity contribution in [2.45, 2.75) is 0 Å². The van der Waals surface area contributed by atoms with Gasteiger partial charge in [0.25, 0.3) is 0 Å². The summed E-state index contributed by atoms with van der Waals surface area (Å²) in [5.74, 6) is 0.593. The lowest BCUT2D eigenvalue weighted by molar-refractivity contribution is -0.114. The van der Waals surface area contributed by atoms with Crippen LogP contribution in [0.15, 0.2) is 67.1 Å². The number of carbonyl (C=O) groups is 1. The molecule has 6 heteroatoms. The molecule has 0 saturated carbocycles. The first kappa shape index (κ1) is 16.0. The van der Waals surface area contributed by atoms with Crippen molar-refractivity contribution in [1.82, 2.24) is 15.0 Å². The Hall–Kier alpha value is -3.54. The molecule has 0 aliphatic rings. The van der Waals surface area contributed by atoms with Crippen LogP contribution >= 0.6 is 0 Å². The number of amides is 1. The minimum atomic E-state index is -0.131. The third kappa shape index (κ3) is 3.04. The smallest absolute Gasteiger partial charge is 0.243 e. The summed E-state index contributed by atoms with van der Waals surface area (Å²) in [6, 6.07) is 17.3. The van der Waals surface area contributed by atoms with Crippen LogP contribution in [0.25, 0.3) is 21.8 Å². The number of para-hydroxylation sites is 2. The van der Waals surface area contributed by atoms with Gasteiger partial charge in [0.05, 0.1) is 23.3 Å². The van der Waals surface area contributed by atoms with Crippen molar-refractivity contribution in [2.75, 3.05) is 23.8 Å². The van der Waals surface area contributed by atoms with Gasteiger partial charge >= 0.3 is 0 Å². The zero-order valence-corrected chi connectivity index (χ0v) is 14.3. The lowest BCUT2D eigenvalue weighted by atomic mass is 10.2. The van der Waals surface area contributed by atoms with E-state index in [4.69, 9.17) is 0 Å². The minimum absolute atomic E-state index is 0.131. The maximum atomic E-state index is 12.6. The molecule has 0 saturated heterocycles. The fourth-order valence-corrected chi connectivity index (χ4v) is 2.98. The van der Waals surface area contributed by atoms with E-state index in [-0.39, 0.29) is 12.5 Å². The Morgan fingerprint density at radius 2 is 1.85 bits per heavy atom. The number of carbonyl (C=O) groups excluding carboxylic acids is 1. The van der Waals surface area contributed by atoms with Crippen molar-refractivity contribution in [1.29, 1.82) is 0 Å². The average Bonchev–Trinajstić information content (AvgIpc) is 2.67. The number of benzene rings is 2.